The van der Waals surface area contributed by atoms with Crippen molar-refractivity contribution in [1.82, 2.24) is 4.90 Å². The molecule has 0 aromatic heterocycles. The molecule has 0 atom stereocenters. The van der Waals surface area contributed by atoms with E-state index in [1.807, 2.05) is 12.1 Å². The van der Waals surface area contributed by atoms with Gasteiger partial charge in [0.1, 0.15) is 23.6 Å². The summed E-state index contributed by atoms with van der Waals surface area (Å²) in [6.45, 7) is 10.8. The minimum atomic E-state index is -0.795. The van der Waals surface area contributed by atoms with E-state index in [0.29, 0.717) is 15.8 Å². The minimum absolute atomic E-state index is 0.0898. The minimum Gasteiger partial charge on any atom is -0.489 e. The maximum absolute atomic E-state index is 13.1. The first-order chi connectivity index (χ1) is 16.7. The van der Waals surface area contributed by atoms with Gasteiger partial charge in [0.25, 0.3) is 0 Å². The number of thioether (sulfide) groups is 1. The molecule has 0 heterocycles. The predicted octanol–water partition coefficient (Wildman–Crippen LogP) is 7.96. The van der Waals surface area contributed by atoms with Crippen molar-refractivity contribution in [2.75, 3.05) is 6.26 Å². The Hall–Kier alpha value is -2.42. The fraction of sp³-hybridized carbons (Fsp3) is 0.423. The molecular formula is C26H32Cl2N2O5S. The van der Waals surface area contributed by atoms with Crippen LogP contribution in [0, 0.1) is 0 Å². The summed E-state index contributed by atoms with van der Waals surface area (Å²) in [6, 6.07) is 12.6. The van der Waals surface area contributed by atoms with Gasteiger partial charge in [-0.05, 0) is 71.6 Å². The van der Waals surface area contributed by atoms with Crippen LogP contribution in [0.1, 0.15) is 52.7 Å². The first-order valence-corrected chi connectivity index (χ1v) is 13.2. The van der Waals surface area contributed by atoms with Gasteiger partial charge < -0.3 is 14.2 Å². The molecule has 36 heavy (non-hydrogen) atoms. The molecule has 0 aliphatic heterocycles. The van der Waals surface area contributed by atoms with Crippen molar-refractivity contribution in [3.8, 4) is 5.75 Å². The van der Waals surface area contributed by atoms with Crippen LogP contribution in [-0.2, 0) is 22.6 Å². The number of carbonyl (C=O) groups excluding carboxylic acids is 2. The first kappa shape index (κ1) is 29.8. The fourth-order valence-corrected chi connectivity index (χ4v) is 3.74. The smallest absolute Gasteiger partial charge is 0.436 e. The van der Waals surface area contributed by atoms with Gasteiger partial charge in [-0.1, -0.05) is 59.2 Å². The lowest BCUT2D eigenvalue weighted by molar-refractivity contribution is 0.0363. The Morgan fingerprint density at radius 2 is 1.61 bits per heavy atom. The third-order valence-corrected chi connectivity index (χ3v) is 5.81. The number of ether oxygens (including phenoxy) is 3. The van der Waals surface area contributed by atoms with Crippen molar-refractivity contribution in [3.05, 3.63) is 63.6 Å². The Kier molecular flexibility index (Phi) is 10.5. The van der Waals surface area contributed by atoms with E-state index in [1.54, 1.807) is 78.1 Å². The van der Waals surface area contributed by atoms with Crippen LogP contribution in [-0.4, -0.2) is 39.7 Å². The molecular weight excluding hydrogens is 523 g/mol. The predicted molar refractivity (Wildman–Crippen MR) is 146 cm³/mol. The van der Waals surface area contributed by atoms with E-state index in [9.17, 15) is 9.59 Å². The standard InChI is InChI=1S/C26H32Cl2N2O5S/c1-25(2,3)34-23(31)29-22(36-7)30(24(32)35-26(4,5)6)15-17-10-8-12-19(14-17)33-16-18-11-9-13-20(27)21(18)28/h8-14H,15-16H2,1-7H3. The van der Waals surface area contributed by atoms with Crippen LogP contribution in [0.2, 0.25) is 10.0 Å². The lowest BCUT2D eigenvalue weighted by Gasteiger charge is -2.27. The normalized spacial score (nSPS) is 12.2. The number of aliphatic imine (C=N–C) groups is 1. The number of amides is 2. The summed E-state index contributed by atoms with van der Waals surface area (Å²) in [5, 5.41) is 1.04. The van der Waals surface area contributed by atoms with Gasteiger partial charge in [0.2, 0.25) is 0 Å². The van der Waals surface area contributed by atoms with Crippen molar-refractivity contribution in [2.24, 2.45) is 4.99 Å². The fourth-order valence-electron chi connectivity index (χ4n) is 2.84. The molecule has 2 aromatic carbocycles. The molecule has 0 N–H and O–H groups in total. The summed E-state index contributed by atoms with van der Waals surface area (Å²) >= 11 is 13.5. The lowest BCUT2D eigenvalue weighted by atomic mass is 10.2. The Morgan fingerprint density at radius 3 is 2.22 bits per heavy atom. The highest BCUT2D eigenvalue weighted by atomic mass is 35.5. The Balaban J connectivity index is 2.29. The number of halogens is 2. The molecule has 0 spiro atoms. The first-order valence-electron chi connectivity index (χ1n) is 11.2. The van der Waals surface area contributed by atoms with Gasteiger partial charge in [-0.15, -0.1) is 0 Å². The van der Waals surface area contributed by atoms with Crippen molar-refractivity contribution in [2.45, 2.75) is 65.9 Å². The van der Waals surface area contributed by atoms with Gasteiger partial charge in [-0.25, -0.2) is 9.59 Å². The molecule has 0 saturated heterocycles. The number of hydrogen-bond donors (Lipinski definition) is 0. The number of carbonyl (C=O) groups is 2. The zero-order valence-electron chi connectivity index (χ0n) is 21.6. The summed E-state index contributed by atoms with van der Waals surface area (Å²) in [4.78, 5) is 30.8. The van der Waals surface area contributed by atoms with Crippen molar-refractivity contribution < 1.29 is 23.8 Å². The Morgan fingerprint density at radius 1 is 0.972 bits per heavy atom. The van der Waals surface area contributed by atoms with Crippen molar-refractivity contribution in [3.63, 3.8) is 0 Å². The second-order valence-corrected chi connectivity index (χ2v) is 11.4. The Bertz CT molecular complexity index is 1110. The third-order valence-electron chi connectivity index (χ3n) is 4.27. The molecule has 2 amide bonds. The maximum atomic E-state index is 13.1. The van der Waals surface area contributed by atoms with Gasteiger partial charge in [0.05, 0.1) is 16.6 Å². The van der Waals surface area contributed by atoms with Gasteiger partial charge in [-0.2, -0.15) is 4.99 Å². The highest BCUT2D eigenvalue weighted by Gasteiger charge is 2.27. The molecule has 2 aromatic rings. The molecule has 2 rings (SSSR count). The third kappa shape index (κ3) is 9.91. The summed E-state index contributed by atoms with van der Waals surface area (Å²) < 4.78 is 16.8. The molecule has 0 aliphatic carbocycles. The van der Waals surface area contributed by atoms with Crippen LogP contribution in [0.5, 0.6) is 5.75 Å². The number of hydrogen-bond acceptors (Lipinski definition) is 6. The highest BCUT2D eigenvalue weighted by Crippen LogP contribution is 2.27. The monoisotopic (exact) mass is 554 g/mol. The average molecular weight is 556 g/mol. The summed E-state index contributed by atoms with van der Waals surface area (Å²) in [5.41, 5.74) is 0.0188. The van der Waals surface area contributed by atoms with Gasteiger partial charge >= 0.3 is 12.2 Å². The van der Waals surface area contributed by atoms with Gasteiger partial charge in [0, 0.05) is 5.56 Å². The average Bonchev–Trinajstić information content (AvgIpc) is 2.75. The number of rotatable bonds is 5. The van der Waals surface area contributed by atoms with Crippen molar-refractivity contribution in [1.29, 1.82) is 0 Å². The Labute approximate surface area is 227 Å². The van der Waals surface area contributed by atoms with Crippen LogP contribution in [0.25, 0.3) is 0 Å². The zero-order chi connectivity index (χ0) is 27.1. The van der Waals surface area contributed by atoms with Crippen LogP contribution >= 0.6 is 35.0 Å². The highest BCUT2D eigenvalue weighted by molar-refractivity contribution is 8.13. The molecule has 0 radical (unpaired) electrons. The van der Waals surface area contributed by atoms with Crippen LogP contribution in [0.4, 0.5) is 9.59 Å². The molecule has 0 fully saturated rings. The van der Waals surface area contributed by atoms with E-state index in [4.69, 9.17) is 37.4 Å². The topological polar surface area (TPSA) is 77.4 Å². The van der Waals surface area contributed by atoms with Crippen LogP contribution in [0.15, 0.2) is 47.5 Å². The quantitative estimate of drug-likeness (QED) is 0.275. The molecule has 0 unspecified atom stereocenters. The zero-order valence-corrected chi connectivity index (χ0v) is 23.9. The van der Waals surface area contributed by atoms with Crippen LogP contribution in [0.3, 0.4) is 0 Å². The number of benzene rings is 2. The number of nitrogens with zero attached hydrogens (tertiary/aromatic N) is 2. The second kappa shape index (κ2) is 12.7. The van der Waals surface area contributed by atoms with E-state index < -0.39 is 23.4 Å². The van der Waals surface area contributed by atoms with Crippen LogP contribution < -0.4 is 4.74 Å². The van der Waals surface area contributed by atoms with E-state index in [-0.39, 0.29) is 18.3 Å². The number of amidine groups is 1. The summed E-state index contributed by atoms with van der Waals surface area (Å²) in [5.74, 6) is 0.572. The summed E-state index contributed by atoms with van der Waals surface area (Å²) in [7, 11) is 0. The van der Waals surface area contributed by atoms with Crippen molar-refractivity contribution >= 4 is 52.3 Å². The second-order valence-electron chi connectivity index (χ2n) is 9.79. The molecule has 10 heteroatoms. The lowest BCUT2D eigenvalue weighted by Crippen LogP contribution is -2.39. The van der Waals surface area contributed by atoms with E-state index in [2.05, 4.69) is 4.99 Å². The molecule has 196 valence electrons. The SMILES string of the molecule is CSC(=NC(=O)OC(C)(C)C)N(Cc1cccc(OCc2cccc(Cl)c2Cl)c1)C(=O)OC(C)(C)C. The van der Waals surface area contributed by atoms with E-state index in [1.165, 1.54) is 4.90 Å². The van der Waals surface area contributed by atoms with E-state index >= 15 is 0 Å². The van der Waals surface area contributed by atoms with E-state index in [0.717, 1.165) is 22.9 Å². The molecule has 0 aliphatic rings. The molecule has 0 bridgehead atoms. The molecule has 0 saturated carbocycles. The van der Waals surface area contributed by atoms with Gasteiger partial charge in [-0.3, -0.25) is 4.90 Å². The van der Waals surface area contributed by atoms with Gasteiger partial charge in [0.15, 0.2) is 5.17 Å². The largest absolute Gasteiger partial charge is 0.489 e. The maximum Gasteiger partial charge on any atom is 0.436 e. The molecule has 7 nitrogen and oxygen atoms in total. The summed E-state index contributed by atoms with van der Waals surface area (Å²) in [6.07, 6.45) is 0.279.